The Kier molecular flexibility index (Phi) is 3.61. The summed E-state index contributed by atoms with van der Waals surface area (Å²) in [6.45, 7) is 6.38. The average molecular weight is 316 g/mol. The van der Waals surface area contributed by atoms with Crippen LogP contribution in [0.4, 0.5) is 13.2 Å². The van der Waals surface area contributed by atoms with Crippen LogP contribution in [0, 0.1) is 29.6 Å². The number of ether oxygens (including phenoxy) is 1. The number of alkyl halides is 3. The van der Waals surface area contributed by atoms with E-state index in [-0.39, 0.29) is 5.92 Å². The smallest absolute Gasteiger partial charge is 0.422 e. The van der Waals surface area contributed by atoms with Crippen molar-refractivity contribution >= 4 is 5.97 Å². The predicted octanol–water partition coefficient (Wildman–Crippen LogP) is 4.50. The van der Waals surface area contributed by atoms with Gasteiger partial charge in [0.1, 0.15) is 11.2 Å². The molecule has 0 aliphatic heterocycles. The van der Waals surface area contributed by atoms with E-state index in [0.29, 0.717) is 11.8 Å². The fourth-order valence-corrected chi connectivity index (χ4v) is 5.54. The lowest BCUT2D eigenvalue weighted by Crippen LogP contribution is -2.54. The maximum absolute atomic E-state index is 12.6. The van der Waals surface area contributed by atoms with E-state index in [2.05, 4.69) is 6.58 Å². The van der Waals surface area contributed by atoms with Gasteiger partial charge in [0.2, 0.25) is 0 Å². The van der Waals surface area contributed by atoms with Crippen LogP contribution >= 0.6 is 0 Å². The lowest BCUT2D eigenvalue weighted by Gasteiger charge is -2.58. The number of hydrogen-bond acceptors (Lipinski definition) is 2. The SMILES string of the molecule is C=C(C(=O)OC(C)(C)C1C2CC3CC(C2)CC1C3)C(F)(F)F. The minimum atomic E-state index is -4.72. The second-order valence-electron chi connectivity index (χ2n) is 7.93. The first-order chi connectivity index (χ1) is 10.1. The number of carbonyl (C=O) groups is 1. The van der Waals surface area contributed by atoms with E-state index in [1.165, 1.54) is 6.42 Å². The van der Waals surface area contributed by atoms with Crippen molar-refractivity contribution in [2.45, 2.75) is 57.7 Å². The summed E-state index contributed by atoms with van der Waals surface area (Å²) in [5, 5.41) is 0. The van der Waals surface area contributed by atoms with Crippen molar-refractivity contribution in [1.82, 2.24) is 0 Å². The van der Waals surface area contributed by atoms with Crippen molar-refractivity contribution in [2.24, 2.45) is 29.6 Å². The van der Waals surface area contributed by atoms with Gasteiger partial charge in [-0.1, -0.05) is 6.58 Å². The summed E-state index contributed by atoms with van der Waals surface area (Å²) in [5.41, 5.74) is -2.28. The van der Waals surface area contributed by atoms with E-state index in [9.17, 15) is 18.0 Å². The van der Waals surface area contributed by atoms with Gasteiger partial charge < -0.3 is 4.74 Å². The van der Waals surface area contributed by atoms with Crippen LogP contribution in [0.25, 0.3) is 0 Å². The molecule has 0 saturated heterocycles. The maximum Gasteiger partial charge on any atom is 0.422 e. The van der Waals surface area contributed by atoms with Crippen LogP contribution in [0.15, 0.2) is 12.2 Å². The predicted molar refractivity (Wildman–Crippen MR) is 75.9 cm³/mol. The standard InChI is InChI=1S/C17H23F3O2/c1-9(17(18,19)20)15(21)22-16(2,3)14-12-5-10-4-11(7-12)8-13(14)6-10/h10-14H,1,4-8H2,2-3H3. The fraction of sp³-hybridized carbons (Fsp3) is 0.824. The summed E-state index contributed by atoms with van der Waals surface area (Å²) >= 11 is 0. The molecule has 0 radical (unpaired) electrons. The average Bonchev–Trinajstić information content (AvgIpc) is 2.34. The molecule has 0 unspecified atom stereocenters. The Morgan fingerprint density at radius 1 is 1.00 bits per heavy atom. The number of halogens is 3. The fourth-order valence-electron chi connectivity index (χ4n) is 5.54. The van der Waals surface area contributed by atoms with Crippen LogP contribution in [0.5, 0.6) is 0 Å². The van der Waals surface area contributed by atoms with E-state index in [1.807, 2.05) is 0 Å². The summed E-state index contributed by atoms with van der Waals surface area (Å²) in [6.07, 6.45) is 1.14. The Morgan fingerprint density at radius 2 is 1.45 bits per heavy atom. The monoisotopic (exact) mass is 316 g/mol. The third kappa shape index (κ3) is 2.67. The van der Waals surface area contributed by atoms with Crippen molar-refractivity contribution in [3.05, 3.63) is 12.2 Å². The zero-order valence-electron chi connectivity index (χ0n) is 13.1. The molecule has 0 aromatic heterocycles. The molecule has 4 saturated carbocycles. The van der Waals surface area contributed by atoms with Crippen LogP contribution < -0.4 is 0 Å². The molecule has 4 aliphatic rings. The van der Waals surface area contributed by atoms with Gasteiger partial charge in [0.25, 0.3) is 0 Å². The van der Waals surface area contributed by atoms with E-state index in [1.54, 1.807) is 13.8 Å². The second-order valence-corrected chi connectivity index (χ2v) is 7.93. The van der Waals surface area contributed by atoms with Crippen molar-refractivity contribution < 1.29 is 22.7 Å². The highest BCUT2D eigenvalue weighted by Gasteiger charge is 2.54. The molecule has 5 heteroatoms. The quantitative estimate of drug-likeness (QED) is 0.566. The zero-order chi connectivity index (χ0) is 16.3. The number of carbonyl (C=O) groups excluding carboxylic acids is 1. The Hall–Kier alpha value is -1.00. The summed E-state index contributed by atoms with van der Waals surface area (Å²) in [4.78, 5) is 11.8. The van der Waals surface area contributed by atoms with E-state index in [0.717, 1.165) is 37.5 Å². The molecule has 0 amide bonds. The zero-order valence-corrected chi connectivity index (χ0v) is 13.1. The first-order valence-corrected chi connectivity index (χ1v) is 8.07. The van der Waals surface area contributed by atoms with Gasteiger partial charge in [-0.3, -0.25) is 0 Å². The van der Waals surface area contributed by atoms with Crippen LogP contribution in [-0.4, -0.2) is 17.7 Å². The van der Waals surface area contributed by atoms with Crippen LogP contribution in [-0.2, 0) is 9.53 Å². The molecule has 4 aliphatic carbocycles. The first kappa shape index (κ1) is 15.9. The van der Waals surface area contributed by atoms with Gasteiger partial charge in [0, 0.05) is 5.92 Å². The molecule has 4 fully saturated rings. The van der Waals surface area contributed by atoms with Crippen molar-refractivity contribution in [2.75, 3.05) is 0 Å². The molecule has 4 rings (SSSR count). The van der Waals surface area contributed by atoms with Crippen LogP contribution in [0.1, 0.15) is 46.0 Å². The van der Waals surface area contributed by atoms with Gasteiger partial charge in [-0.25, -0.2) is 4.79 Å². The van der Waals surface area contributed by atoms with Gasteiger partial charge in [-0.15, -0.1) is 0 Å². The summed E-state index contributed by atoms with van der Waals surface area (Å²) in [5.74, 6) is 1.36. The van der Waals surface area contributed by atoms with Crippen LogP contribution in [0.3, 0.4) is 0 Å². The van der Waals surface area contributed by atoms with E-state index < -0.39 is 23.3 Å². The molecule has 124 valence electrons. The molecule has 0 heterocycles. The van der Waals surface area contributed by atoms with Crippen LogP contribution in [0.2, 0.25) is 0 Å². The Balaban J connectivity index is 1.73. The van der Waals surface area contributed by atoms with Crippen molar-refractivity contribution in [3.63, 3.8) is 0 Å². The molecule has 0 aromatic carbocycles. The molecule has 22 heavy (non-hydrogen) atoms. The third-order valence-corrected chi connectivity index (χ3v) is 5.97. The third-order valence-electron chi connectivity index (χ3n) is 5.97. The molecule has 0 atom stereocenters. The highest BCUT2D eigenvalue weighted by Crippen LogP contribution is 2.59. The van der Waals surface area contributed by atoms with Crippen molar-refractivity contribution in [1.29, 1.82) is 0 Å². The van der Waals surface area contributed by atoms with Gasteiger partial charge in [-0.05, 0) is 69.6 Å². The Labute approximate surface area is 129 Å². The largest absolute Gasteiger partial charge is 0.456 e. The highest BCUT2D eigenvalue weighted by atomic mass is 19.4. The van der Waals surface area contributed by atoms with Gasteiger partial charge in [0.15, 0.2) is 0 Å². The highest BCUT2D eigenvalue weighted by molar-refractivity contribution is 5.89. The first-order valence-electron chi connectivity index (χ1n) is 8.07. The topological polar surface area (TPSA) is 26.3 Å². The Bertz CT molecular complexity index is 465. The van der Waals surface area contributed by atoms with E-state index >= 15 is 0 Å². The second kappa shape index (κ2) is 5.00. The van der Waals surface area contributed by atoms with Gasteiger partial charge in [-0.2, -0.15) is 13.2 Å². The number of hydrogen-bond donors (Lipinski definition) is 0. The molecule has 4 bridgehead atoms. The molecule has 0 spiro atoms. The van der Waals surface area contributed by atoms with E-state index in [4.69, 9.17) is 4.74 Å². The number of esters is 1. The lowest BCUT2D eigenvalue weighted by molar-refractivity contribution is -0.183. The summed E-state index contributed by atoms with van der Waals surface area (Å²) in [6, 6.07) is 0. The Morgan fingerprint density at radius 3 is 1.86 bits per heavy atom. The minimum Gasteiger partial charge on any atom is -0.456 e. The normalized spacial score (nSPS) is 37.2. The van der Waals surface area contributed by atoms with Gasteiger partial charge >= 0.3 is 12.1 Å². The molecule has 2 nitrogen and oxygen atoms in total. The van der Waals surface area contributed by atoms with Gasteiger partial charge in [0.05, 0.1) is 0 Å². The molecule has 0 aromatic rings. The molecular formula is C17H23F3O2. The molecular weight excluding hydrogens is 293 g/mol. The van der Waals surface area contributed by atoms with Crippen molar-refractivity contribution in [3.8, 4) is 0 Å². The number of rotatable bonds is 3. The minimum absolute atomic E-state index is 0.172. The maximum atomic E-state index is 12.6. The lowest BCUT2D eigenvalue weighted by atomic mass is 9.49. The molecule has 0 N–H and O–H groups in total. The summed E-state index contributed by atoms with van der Waals surface area (Å²) in [7, 11) is 0. The summed E-state index contributed by atoms with van der Waals surface area (Å²) < 4.78 is 43.1.